The summed E-state index contributed by atoms with van der Waals surface area (Å²) in [5.41, 5.74) is 0.357. The lowest BCUT2D eigenvalue weighted by atomic mass is 9.96. The normalized spacial score (nSPS) is 31.1. The molecule has 2 aliphatic heterocycles. The number of hydrogen-bond acceptors (Lipinski definition) is 9. The highest BCUT2D eigenvalue weighted by Gasteiger charge is 2.53. The van der Waals surface area contributed by atoms with Crippen molar-refractivity contribution in [3.8, 4) is 0 Å². The largest absolute Gasteiger partial charge is 0.394 e. The van der Waals surface area contributed by atoms with Gasteiger partial charge in [-0.1, -0.05) is 0 Å². The number of aliphatic hydroxyl groups is 3. The average molecular weight is 362 g/mol. The first-order chi connectivity index (χ1) is 12.5. The molecule has 4 rings (SSSR count). The first-order valence-corrected chi connectivity index (χ1v) is 8.49. The lowest BCUT2D eigenvalue weighted by Crippen LogP contribution is -2.44. The van der Waals surface area contributed by atoms with Gasteiger partial charge in [0.2, 0.25) is 0 Å². The van der Waals surface area contributed by atoms with Crippen LogP contribution in [0.1, 0.15) is 18.8 Å². The second-order valence-corrected chi connectivity index (χ2v) is 6.76. The van der Waals surface area contributed by atoms with E-state index in [9.17, 15) is 15.3 Å². The summed E-state index contributed by atoms with van der Waals surface area (Å²) < 4.78 is 7.24. The van der Waals surface area contributed by atoms with E-state index < -0.39 is 30.6 Å². The van der Waals surface area contributed by atoms with Gasteiger partial charge < -0.3 is 30.3 Å². The SMILES string of the molecule is C[C@@]1(O)[C@H](O)[C@@H](CO)O[C@H]1n1cnc2c(CCN3C=CNC3)ncnc21. The maximum atomic E-state index is 10.7. The Kier molecular flexibility index (Phi) is 4.27. The van der Waals surface area contributed by atoms with E-state index in [1.165, 1.54) is 19.6 Å². The molecule has 4 N–H and O–H groups in total. The van der Waals surface area contributed by atoms with Crippen LogP contribution in [-0.2, 0) is 11.2 Å². The molecule has 0 radical (unpaired) electrons. The number of imidazole rings is 1. The predicted octanol–water partition coefficient (Wildman–Crippen LogP) is -1.30. The van der Waals surface area contributed by atoms with E-state index in [0.29, 0.717) is 17.6 Å². The van der Waals surface area contributed by atoms with Crippen molar-refractivity contribution in [2.45, 2.75) is 37.4 Å². The third-order valence-corrected chi connectivity index (χ3v) is 4.96. The second-order valence-electron chi connectivity index (χ2n) is 6.76. The molecule has 10 nitrogen and oxygen atoms in total. The summed E-state index contributed by atoms with van der Waals surface area (Å²) in [5, 5.41) is 33.3. The minimum atomic E-state index is -1.59. The summed E-state index contributed by atoms with van der Waals surface area (Å²) in [5.74, 6) is 0. The van der Waals surface area contributed by atoms with Crippen molar-refractivity contribution < 1.29 is 20.1 Å². The van der Waals surface area contributed by atoms with Gasteiger partial charge >= 0.3 is 0 Å². The Morgan fingerprint density at radius 3 is 2.92 bits per heavy atom. The number of hydrogen-bond donors (Lipinski definition) is 4. The Labute approximate surface area is 149 Å². The van der Waals surface area contributed by atoms with Crippen LogP contribution in [-0.4, -0.2) is 77.4 Å². The Bertz CT molecular complexity index is 822. The van der Waals surface area contributed by atoms with Crippen LogP contribution in [0.15, 0.2) is 25.1 Å². The quantitative estimate of drug-likeness (QED) is 0.513. The summed E-state index contributed by atoms with van der Waals surface area (Å²) in [7, 11) is 0. The number of aromatic nitrogens is 4. The molecule has 2 aromatic rings. The van der Waals surface area contributed by atoms with Crippen LogP contribution in [0.2, 0.25) is 0 Å². The molecular formula is C16H22N6O4. The maximum Gasteiger partial charge on any atom is 0.168 e. The fourth-order valence-electron chi connectivity index (χ4n) is 3.43. The second kappa shape index (κ2) is 6.47. The Balaban J connectivity index is 1.63. The van der Waals surface area contributed by atoms with Gasteiger partial charge in [-0.2, -0.15) is 0 Å². The zero-order chi connectivity index (χ0) is 18.3. The Morgan fingerprint density at radius 1 is 1.38 bits per heavy atom. The molecule has 140 valence electrons. The average Bonchev–Trinajstić information content (AvgIpc) is 3.34. The Hall–Kier alpha value is -2.27. The molecule has 10 heteroatoms. The molecule has 0 aliphatic carbocycles. The molecule has 0 bridgehead atoms. The molecular weight excluding hydrogens is 340 g/mol. The summed E-state index contributed by atoms with van der Waals surface area (Å²) in [6, 6.07) is 0. The van der Waals surface area contributed by atoms with Gasteiger partial charge in [0.1, 0.15) is 29.7 Å². The third kappa shape index (κ3) is 2.71. The van der Waals surface area contributed by atoms with E-state index >= 15 is 0 Å². The van der Waals surface area contributed by atoms with E-state index in [-0.39, 0.29) is 0 Å². The standard InChI is InChI=1S/C16H22N6O4/c1-16(25)13(24)11(6-23)26-15(16)22-9-20-12-10(18-7-19-14(12)22)2-4-21-5-3-17-8-21/h3,5,7,9,11,13,15,17,23-25H,2,4,6,8H2,1H3/t11-,13-,15-,16-/m1/s1. The number of nitrogens with zero attached hydrogens (tertiary/aromatic N) is 5. The molecule has 0 unspecified atom stereocenters. The monoisotopic (exact) mass is 362 g/mol. The number of ether oxygens (including phenoxy) is 1. The van der Waals surface area contributed by atoms with Crippen LogP contribution < -0.4 is 5.32 Å². The molecule has 2 aromatic heterocycles. The molecule has 0 amide bonds. The van der Waals surface area contributed by atoms with E-state index in [2.05, 4.69) is 25.2 Å². The molecule has 0 saturated carbocycles. The Morgan fingerprint density at radius 2 is 2.23 bits per heavy atom. The maximum absolute atomic E-state index is 10.7. The van der Waals surface area contributed by atoms with Crippen molar-refractivity contribution in [1.29, 1.82) is 0 Å². The van der Waals surface area contributed by atoms with Gasteiger partial charge in [0.25, 0.3) is 0 Å². The summed E-state index contributed by atoms with van der Waals surface area (Å²) in [6.45, 7) is 2.63. The van der Waals surface area contributed by atoms with Crippen molar-refractivity contribution in [3.05, 3.63) is 30.7 Å². The lowest BCUT2D eigenvalue weighted by Gasteiger charge is -2.27. The predicted molar refractivity (Wildman–Crippen MR) is 90.5 cm³/mol. The van der Waals surface area contributed by atoms with Crippen molar-refractivity contribution in [3.63, 3.8) is 0 Å². The van der Waals surface area contributed by atoms with Gasteiger partial charge in [0.05, 0.1) is 25.3 Å². The van der Waals surface area contributed by atoms with Gasteiger partial charge in [0, 0.05) is 25.4 Å². The molecule has 4 atom stereocenters. The van der Waals surface area contributed by atoms with Crippen molar-refractivity contribution in [1.82, 2.24) is 29.7 Å². The number of nitrogens with one attached hydrogen (secondary N) is 1. The van der Waals surface area contributed by atoms with Gasteiger partial charge in [-0.3, -0.25) is 4.57 Å². The molecule has 1 fully saturated rings. The van der Waals surface area contributed by atoms with Crippen molar-refractivity contribution in [2.75, 3.05) is 19.8 Å². The van der Waals surface area contributed by atoms with Crippen molar-refractivity contribution in [2.24, 2.45) is 0 Å². The van der Waals surface area contributed by atoms with E-state index in [1.54, 1.807) is 4.57 Å². The van der Waals surface area contributed by atoms with Crippen LogP contribution in [0.3, 0.4) is 0 Å². The van der Waals surface area contributed by atoms with Gasteiger partial charge in [-0.15, -0.1) is 0 Å². The van der Waals surface area contributed by atoms with Crippen LogP contribution in [0.25, 0.3) is 11.2 Å². The van der Waals surface area contributed by atoms with Crippen LogP contribution in [0.5, 0.6) is 0 Å². The van der Waals surface area contributed by atoms with E-state index in [4.69, 9.17) is 4.74 Å². The first kappa shape index (κ1) is 17.2. The molecule has 4 heterocycles. The highest BCUT2D eigenvalue weighted by Crippen LogP contribution is 2.39. The van der Waals surface area contributed by atoms with Gasteiger partial charge in [0.15, 0.2) is 11.9 Å². The smallest absolute Gasteiger partial charge is 0.168 e. The minimum Gasteiger partial charge on any atom is -0.394 e. The molecule has 0 spiro atoms. The third-order valence-electron chi connectivity index (χ3n) is 4.96. The summed E-state index contributed by atoms with van der Waals surface area (Å²) in [4.78, 5) is 15.1. The van der Waals surface area contributed by atoms with Gasteiger partial charge in [-0.25, -0.2) is 15.0 Å². The van der Waals surface area contributed by atoms with Gasteiger partial charge in [-0.05, 0) is 6.92 Å². The first-order valence-electron chi connectivity index (χ1n) is 8.49. The summed E-state index contributed by atoms with van der Waals surface area (Å²) in [6.07, 6.45) is 4.54. The van der Waals surface area contributed by atoms with Crippen LogP contribution in [0.4, 0.5) is 0 Å². The molecule has 1 saturated heterocycles. The molecule has 26 heavy (non-hydrogen) atoms. The van der Waals surface area contributed by atoms with Crippen molar-refractivity contribution >= 4 is 11.2 Å². The van der Waals surface area contributed by atoms with Crippen LogP contribution in [0, 0.1) is 0 Å². The zero-order valence-corrected chi connectivity index (χ0v) is 14.4. The number of fused-ring (bicyclic) bond motifs is 1. The topological polar surface area (TPSA) is 129 Å². The molecule has 0 aromatic carbocycles. The fraction of sp³-hybridized carbons (Fsp3) is 0.562. The van der Waals surface area contributed by atoms with E-state index in [0.717, 1.165) is 18.9 Å². The highest BCUT2D eigenvalue weighted by molar-refractivity contribution is 5.73. The number of rotatable bonds is 5. The fourth-order valence-corrected chi connectivity index (χ4v) is 3.43. The molecule has 2 aliphatic rings. The van der Waals surface area contributed by atoms with Crippen LogP contribution >= 0.6 is 0 Å². The highest BCUT2D eigenvalue weighted by atomic mass is 16.6. The number of aliphatic hydroxyl groups excluding tert-OH is 2. The summed E-state index contributed by atoms with van der Waals surface area (Å²) >= 11 is 0. The minimum absolute atomic E-state index is 0.391. The lowest BCUT2D eigenvalue weighted by molar-refractivity contribution is -0.0950. The zero-order valence-electron chi connectivity index (χ0n) is 14.4. The van der Waals surface area contributed by atoms with E-state index in [1.807, 2.05) is 12.4 Å².